The predicted octanol–water partition coefficient (Wildman–Crippen LogP) is 0.663. The second-order valence-corrected chi connectivity index (χ2v) is 4.83. The number of ether oxygens (including phenoxy) is 1. The quantitative estimate of drug-likeness (QED) is 0.352. The SMILES string of the molecule is COC(=O)C(C(=O)c1ccccc1)[C@H]1CC(=O)N(C)C1=O. The van der Waals surface area contributed by atoms with Crippen molar-refractivity contribution in [2.45, 2.75) is 6.42 Å². The molecular formula is C15H15NO5. The minimum Gasteiger partial charge on any atom is -0.468 e. The molecule has 2 amide bonds. The number of likely N-dealkylation sites (tertiary alicyclic amines) is 1. The molecule has 1 saturated heterocycles. The van der Waals surface area contributed by atoms with Gasteiger partial charge in [0, 0.05) is 19.0 Å². The van der Waals surface area contributed by atoms with Gasteiger partial charge in [-0.2, -0.15) is 0 Å². The Kier molecular flexibility index (Phi) is 4.16. The maximum atomic E-state index is 12.5. The number of hydrogen-bond acceptors (Lipinski definition) is 5. The molecule has 1 aliphatic heterocycles. The van der Waals surface area contributed by atoms with Crippen molar-refractivity contribution in [3.05, 3.63) is 35.9 Å². The molecule has 1 unspecified atom stereocenters. The van der Waals surface area contributed by atoms with Crippen molar-refractivity contribution in [2.75, 3.05) is 14.2 Å². The van der Waals surface area contributed by atoms with Crippen molar-refractivity contribution in [1.29, 1.82) is 0 Å². The van der Waals surface area contributed by atoms with Crippen LogP contribution in [0.5, 0.6) is 0 Å². The van der Waals surface area contributed by atoms with Gasteiger partial charge in [-0.3, -0.25) is 24.1 Å². The summed E-state index contributed by atoms with van der Waals surface area (Å²) in [6.45, 7) is 0. The fraction of sp³-hybridized carbons (Fsp3) is 0.333. The standard InChI is InChI=1S/C15H15NO5/c1-16-11(17)8-10(14(16)19)12(15(20)21-2)13(18)9-6-4-3-5-7-9/h3-7,10,12H,8H2,1-2H3/t10-,12?/m1/s1. The van der Waals surface area contributed by atoms with Crippen molar-refractivity contribution in [3.8, 4) is 0 Å². The van der Waals surface area contributed by atoms with Crippen LogP contribution in [0.3, 0.4) is 0 Å². The first-order chi connectivity index (χ1) is 9.97. The first kappa shape index (κ1) is 14.9. The van der Waals surface area contributed by atoms with E-state index in [9.17, 15) is 19.2 Å². The second kappa shape index (κ2) is 5.87. The van der Waals surface area contributed by atoms with Crippen LogP contribution >= 0.6 is 0 Å². The number of imide groups is 1. The molecule has 1 aromatic carbocycles. The molecular weight excluding hydrogens is 274 g/mol. The highest BCUT2D eigenvalue weighted by Crippen LogP contribution is 2.29. The minimum atomic E-state index is -1.29. The highest BCUT2D eigenvalue weighted by atomic mass is 16.5. The number of esters is 1. The molecule has 0 aromatic heterocycles. The number of methoxy groups -OCH3 is 1. The summed E-state index contributed by atoms with van der Waals surface area (Å²) in [6.07, 6.45) is -0.159. The van der Waals surface area contributed by atoms with Crippen molar-refractivity contribution in [2.24, 2.45) is 11.8 Å². The molecule has 6 heteroatoms. The summed E-state index contributed by atoms with van der Waals surface area (Å²) in [5.41, 5.74) is 0.308. The van der Waals surface area contributed by atoms with Gasteiger partial charge >= 0.3 is 5.97 Å². The van der Waals surface area contributed by atoms with E-state index in [2.05, 4.69) is 4.74 Å². The first-order valence-electron chi connectivity index (χ1n) is 6.45. The van der Waals surface area contributed by atoms with E-state index in [1.165, 1.54) is 7.05 Å². The number of Topliss-reactive ketones (excluding diaryl/α,β-unsaturated/α-hetero) is 1. The largest absolute Gasteiger partial charge is 0.468 e. The molecule has 1 aliphatic rings. The van der Waals surface area contributed by atoms with Gasteiger partial charge in [0.15, 0.2) is 5.78 Å². The molecule has 2 rings (SSSR count). The number of amides is 2. The minimum absolute atomic E-state index is 0.159. The third-order valence-corrected chi connectivity index (χ3v) is 3.61. The molecule has 110 valence electrons. The Bertz CT molecular complexity index is 595. The molecule has 1 heterocycles. The highest BCUT2D eigenvalue weighted by molar-refractivity contribution is 6.14. The lowest BCUT2D eigenvalue weighted by atomic mass is 9.84. The van der Waals surface area contributed by atoms with Crippen LogP contribution in [-0.2, 0) is 19.1 Å². The van der Waals surface area contributed by atoms with Gasteiger partial charge in [-0.05, 0) is 0 Å². The van der Waals surface area contributed by atoms with Crippen molar-refractivity contribution >= 4 is 23.6 Å². The summed E-state index contributed by atoms with van der Waals surface area (Å²) < 4.78 is 4.64. The Morgan fingerprint density at radius 3 is 2.33 bits per heavy atom. The maximum absolute atomic E-state index is 12.5. The summed E-state index contributed by atoms with van der Waals surface area (Å²) in [6, 6.07) is 8.18. The van der Waals surface area contributed by atoms with Gasteiger partial charge in [-0.25, -0.2) is 0 Å². The number of nitrogens with zero attached hydrogens (tertiary/aromatic N) is 1. The molecule has 1 fully saturated rings. The number of carbonyl (C=O) groups is 4. The number of hydrogen-bond donors (Lipinski definition) is 0. The van der Waals surface area contributed by atoms with Crippen LogP contribution in [0.4, 0.5) is 0 Å². The Labute approximate surface area is 121 Å². The second-order valence-electron chi connectivity index (χ2n) is 4.83. The summed E-state index contributed by atoms with van der Waals surface area (Å²) in [7, 11) is 2.49. The lowest BCUT2D eigenvalue weighted by molar-refractivity contribution is -0.148. The van der Waals surface area contributed by atoms with E-state index in [1.807, 2.05) is 0 Å². The number of benzene rings is 1. The van der Waals surface area contributed by atoms with E-state index < -0.39 is 35.4 Å². The fourth-order valence-electron chi connectivity index (χ4n) is 2.41. The molecule has 21 heavy (non-hydrogen) atoms. The average Bonchev–Trinajstić information content (AvgIpc) is 2.75. The van der Waals surface area contributed by atoms with Gasteiger partial charge in [-0.1, -0.05) is 30.3 Å². The summed E-state index contributed by atoms with van der Waals surface area (Å²) in [4.78, 5) is 49.1. The normalized spacial score (nSPS) is 19.5. The van der Waals surface area contributed by atoms with Crippen molar-refractivity contribution < 1.29 is 23.9 Å². The first-order valence-corrected chi connectivity index (χ1v) is 6.45. The highest BCUT2D eigenvalue weighted by Gasteiger charge is 2.47. The molecule has 0 bridgehead atoms. The monoisotopic (exact) mass is 289 g/mol. The van der Waals surface area contributed by atoms with Crippen LogP contribution < -0.4 is 0 Å². The van der Waals surface area contributed by atoms with E-state index in [1.54, 1.807) is 30.3 Å². The topological polar surface area (TPSA) is 80.8 Å². The Hall–Kier alpha value is -2.50. The third kappa shape index (κ3) is 2.69. The van der Waals surface area contributed by atoms with Gasteiger partial charge in [0.25, 0.3) is 0 Å². The molecule has 0 N–H and O–H groups in total. The molecule has 1 aromatic rings. The van der Waals surface area contributed by atoms with E-state index in [-0.39, 0.29) is 6.42 Å². The Balaban J connectivity index is 2.36. The third-order valence-electron chi connectivity index (χ3n) is 3.61. The Morgan fingerprint density at radius 1 is 1.24 bits per heavy atom. The van der Waals surface area contributed by atoms with E-state index in [0.717, 1.165) is 12.0 Å². The zero-order valence-electron chi connectivity index (χ0n) is 11.7. The zero-order valence-corrected chi connectivity index (χ0v) is 11.7. The van der Waals surface area contributed by atoms with Crippen LogP contribution in [0, 0.1) is 11.8 Å². The fourth-order valence-corrected chi connectivity index (χ4v) is 2.41. The smallest absolute Gasteiger partial charge is 0.317 e. The van der Waals surface area contributed by atoms with Gasteiger partial charge in [0.1, 0.15) is 5.92 Å². The van der Waals surface area contributed by atoms with Crippen LogP contribution in [-0.4, -0.2) is 42.6 Å². The average molecular weight is 289 g/mol. The lowest BCUT2D eigenvalue weighted by Gasteiger charge is -2.18. The van der Waals surface area contributed by atoms with Crippen LogP contribution in [0.2, 0.25) is 0 Å². The van der Waals surface area contributed by atoms with E-state index in [4.69, 9.17) is 0 Å². The van der Waals surface area contributed by atoms with Crippen molar-refractivity contribution in [1.82, 2.24) is 4.90 Å². The molecule has 2 atom stereocenters. The zero-order chi connectivity index (χ0) is 15.6. The van der Waals surface area contributed by atoms with Crippen LogP contribution in [0.1, 0.15) is 16.8 Å². The number of ketones is 1. The maximum Gasteiger partial charge on any atom is 0.317 e. The van der Waals surface area contributed by atoms with Gasteiger partial charge in [0.2, 0.25) is 11.8 Å². The van der Waals surface area contributed by atoms with E-state index in [0.29, 0.717) is 5.56 Å². The van der Waals surface area contributed by atoms with Gasteiger partial charge < -0.3 is 4.74 Å². The van der Waals surface area contributed by atoms with Crippen molar-refractivity contribution in [3.63, 3.8) is 0 Å². The predicted molar refractivity (Wildman–Crippen MR) is 72.2 cm³/mol. The van der Waals surface area contributed by atoms with Crippen LogP contribution in [0.15, 0.2) is 30.3 Å². The number of rotatable bonds is 4. The molecule has 0 spiro atoms. The van der Waals surface area contributed by atoms with Gasteiger partial charge in [0.05, 0.1) is 13.0 Å². The molecule has 6 nitrogen and oxygen atoms in total. The summed E-state index contributed by atoms with van der Waals surface area (Å²) in [5, 5.41) is 0. The van der Waals surface area contributed by atoms with E-state index >= 15 is 0 Å². The molecule has 0 radical (unpaired) electrons. The number of carbonyl (C=O) groups excluding carboxylic acids is 4. The molecule has 0 aliphatic carbocycles. The Morgan fingerprint density at radius 2 is 1.86 bits per heavy atom. The lowest BCUT2D eigenvalue weighted by Crippen LogP contribution is -2.37. The van der Waals surface area contributed by atoms with Gasteiger partial charge in [-0.15, -0.1) is 0 Å². The van der Waals surface area contributed by atoms with Crippen LogP contribution in [0.25, 0.3) is 0 Å². The summed E-state index contributed by atoms with van der Waals surface area (Å²) in [5.74, 6) is -4.53. The molecule has 0 saturated carbocycles. The summed E-state index contributed by atoms with van der Waals surface area (Å²) >= 11 is 0.